The number of rotatable bonds is 1. The minimum atomic E-state index is -0.0498. The fourth-order valence-electron chi connectivity index (χ4n) is 0.726. The molecule has 1 rings (SSSR count). The Morgan fingerprint density at radius 3 is 3.22 bits per heavy atom. The molecule has 0 aromatic rings. The molecule has 1 aliphatic rings. The number of hydrogen-bond donors (Lipinski definition) is 3. The van der Waals surface area contributed by atoms with Crippen LogP contribution in [0, 0.1) is 0 Å². The summed E-state index contributed by atoms with van der Waals surface area (Å²) < 4.78 is 0. The Kier molecular flexibility index (Phi) is 2.32. The lowest BCUT2D eigenvalue weighted by Crippen LogP contribution is -2.40. The Balaban J connectivity index is 2.28. The van der Waals surface area contributed by atoms with Gasteiger partial charge in [-0.3, -0.25) is 4.99 Å². The molecule has 0 atom stereocenters. The summed E-state index contributed by atoms with van der Waals surface area (Å²) >= 11 is 0. The topological polar surface area (TPSA) is 56.6 Å². The van der Waals surface area contributed by atoms with Crippen LogP contribution >= 0.6 is 0 Å². The van der Waals surface area contributed by atoms with Crippen LogP contribution in [0.1, 0.15) is 6.42 Å². The highest BCUT2D eigenvalue weighted by Gasteiger charge is 1.99. The van der Waals surface area contributed by atoms with Crippen LogP contribution in [0.5, 0.6) is 0 Å². The van der Waals surface area contributed by atoms with E-state index in [0.717, 1.165) is 19.5 Å². The van der Waals surface area contributed by atoms with Gasteiger partial charge in [-0.1, -0.05) is 0 Å². The third-order valence-corrected chi connectivity index (χ3v) is 1.14. The maximum absolute atomic E-state index is 8.39. The van der Waals surface area contributed by atoms with Crippen molar-refractivity contribution in [1.29, 1.82) is 0 Å². The molecular formula is C5H11N3O. The summed E-state index contributed by atoms with van der Waals surface area (Å²) in [6, 6.07) is 0. The minimum Gasteiger partial charge on any atom is -0.376 e. The molecule has 0 fully saturated rings. The van der Waals surface area contributed by atoms with E-state index in [1.54, 1.807) is 0 Å². The molecule has 1 heterocycles. The summed E-state index contributed by atoms with van der Waals surface area (Å²) in [5.74, 6) is 0.712. The quantitative estimate of drug-likeness (QED) is 0.393. The first-order chi connectivity index (χ1) is 4.43. The van der Waals surface area contributed by atoms with Crippen molar-refractivity contribution in [1.82, 2.24) is 10.6 Å². The van der Waals surface area contributed by atoms with E-state index in [1.807, 2.05) is 0 Å². The van der Waals surface area contributed by atoms with Crippen LogP contribution in [-0.4, -0.2) is 30.9 Å². The van der Waals surface area contributed by atoms with Crippen LogP contribution in [0.4, 0.5) is 0 Å². The summed E-state index contributed by atoms with van der Waals surface area (Å²) in [6.07, 6.45) is 1.08. The van der Waals surface area contributed by atoms with E-state index in [9.17, 15) is 0 Å². The van der Waals surface area contributed by atoms with Gasteiger partial charge in [0.2, 0.25) is 0 Å². The van der Waals surface area contributed by atoms with Crippen molar-refractivity contribution < 1.29 is 5.11 Å². The molecule has 4 heteroatoms. The third kappa shape index (κ3) is 1.89. The second-order valence-corrected chi connectivity index (χ2v) is 1.85. The van der Waals surface area contributed by atoms with E-state index in [-0.39, 0.29) is 6.73 Å². The fourth-order valence-corrected chi connectivity index (χ4v) is 0.726. The van der Waals surface area contributed by atoms with Gasteiger partial charge in [-0.05, 0) is 6.42 Å². The van der Waals surface area contributed by atoms with Crippen molar-refractivity contribution >= 4 is 5.96 Å². The zero-order chi connectivity index (χ0) is 6.53. The summed E-state index contributed by atoms with van der Waals surface area (Å²) in [5.41, 5.74) is 0. The Labute approximate surface area is 54.0 Å². The summed E-state index contributed by atoms with van der Waals surface area (Å²) in [6.45, 7) is 1.76. The molecule has 0 amide bonds. The zero-order valence-corrected chi connectivity index (χ0v) is 5.22. The maximum Gasteiger partial charge on any atom is 0.193 e. The molecule has 52 valence electrons. The lowest BCUT2D eigenvalue weighted by molar-refractivity contribution is 0.284. The SMILES string of the molecule is OCNC1=NCCCN1. The highest BCUT2D eigenvalue weighted by molar-refractivity contribution is 5.80. The number of guanidine groups is 1. The standard InChI is InChI=1S/C5H11N3O/c9-4-8-5-6-2-1-3-7-5/h9H,1-4H2,(H2,6,7,8). The molecule has 0 radical (unpaired) electrons. The van der Waals surface area contributed by atoms with Crippen LogP contribution in [0.15, 0.2) is 4.99 Å². The molecular weight excluding hydrogens is 118 g/mol. The van der Waals surface area contributed by atoms with E-state index in [4.69, 9.17) is 5.11 Å². The number of aliphatic hydroxyl groups is 1. The molecule has 4 nitrogen and oxygen atoms in total. The predicted molar refractivity (Wildman–Crippen MR) is 35.1 cm³/mol. The predicted octanol–water partition coefficient (Wildman–Crippen LogP) is -1.12. The molecule has 1 aliphatic heterocycles. The smallest absolute Gasteiger partial charge is 0.193 e. The Hall–Kier alpha value is -0.770. The first-order valence-corrected chi connectivity index (χ1v) is 3.06. The summed E-state index contributed by atoms with van der Waals surface area (Å²) in [7, 11) is 0. The maximum atomic E-state index is 8.39. The van der Waals surface area contributed by atoms with E-state index < -0.39 is 0 Å². The lowest BCUT2D eigenvalue weighted by atomic mass is 10.4. The van der Waals surface area contributed by atoms with Gasteiger partial charge in [0, 0.05) is 13.1 Å². The van der Waals surface area contributed by atoms with Crippen molar-refractivity contribution in [3.8, 4) is 0 Å². The number of hydrogen-bond acceptors (Lipinski definition) is 4. The third-order valence-electron chi connectivity index (χ3n) is 1.14. The Bertz CT molecular complexity index is 113. The van der Waals surface area contributed by atoms with Crippen molar-refractivity contribution in [3.05, 3.63) is 0 Å². The summed E-state index contributed by atoms with van der Waals surface area (Å²) in [5, 5.41) is 14.1. The Morgan fingerprint density at radius 1 is 1.78 bits per heavy atom. The van der Waals surface area contributed by atoms with Gasteiger partial charge in [0.05, 0.1) is 0 Å². The molecule has 9 heavy (non-hydrogen) atoms. The highest BCUT2D eigenvalue weighted by atomic mass is 16.3. The number of nitrogens with zero attached hydrogens (tertiary/aromatic N) is 1. The van der Waals surface area contributed by atoms with Crippen LogP contribution < -0.4 is 10.6 Å². The normalized spacial score (nSPS) is 18.1. The average molecular weight is 129 g/mol. The second kappa shape index (κ2) is 3.29. The fraction of sp³-hybridized carbons (Fsp3) is 0.800. The number of aliphatic imine (C=N–C) groups is 1. The van der Waals surface area contributed by atoms with Gasteiger partial charge in [-0.25, -0.2) is 0 Å². The van der Waals surface area contributed by atoms with E-state index in [2.05, 4.69) is 15.6 Å². The lowest BCUT2D eigenvalue weighted by Gasteiger charge is -2.13. The van der Waals surface area contributed by atoms with E-state index >= 15 is 0 Å². The van der Waals surface area contributed by atoms with E-state index in [0.29, 0.717) is 5.96 Å². The van der Waals surface area contributed by atoms with Gasteiger partial charge < -0.3 is 15.7 Å². The average Bonchev–Trinajstić information content (AvgIpc) is 1.91. The molecule has 0 saturated carbocycles. The molecule has 0 spiro atoms. The summed E-state index contributed by atoms with van der Waals surface area (Å²) in [4.78, 5) is 4.05. The van der Waals surface area contributed by atoms with Crippen LogP contribution in [0.25, 0.3) is 0 Å². The van der Waals surface area contributed by atoms with Crippen LogP contribution in [0.3, 0.4) is 0 Å². The first-order valence-electron chi connectivity index (χ1n) is 3.06. The number of aliphatic hydroxyl groups excluding tert-OH is 1. The molecule has 0 unspecified atom stereocenters. The van der Waals surface area contributed by atoms with E-state index in [1.165, 1.54) is 0 Å². The molecule has 0 aromatic heterocycles. The molecule has 0 aliphatic carbocycles. The zero-order valence-electron chi connectivity index (χ0n) is 5.22. The van der Waals surface area contributed by atoms with Crippen LogP contribution in [-0.2, 0) is 0 Å². The van der Waals surface area contributed by atoms with Gasteiger partial charge in [0.1, 0.15) is 6.73 Å². The van der Waals surface area contributed by atoms with Gasteiger partial charge in [0.25, 0.3) is 0 Å². The van der Waals surface area contributed by atoms with Gasteiger partial charge in [-0.15, -0.1) is 0 Å². The second-order valence-electron chi connectivity index (χ2n) is 1.85. The van der Waals surface area contributed by atoms with Gasteiger partial charge >= 0.3 is 0 Å². The molecule has 0 bridgehead atoms. The van der Waals surface area contributed by atoms with Crippen LogP contribution in [0.2, 0.25) is 0 Å². The first kappa shape index (κ1) is 6.35. The van der Waals surface area contributed by atoms with Crippen molar-refractivity contribution in [2.45, 2.75) is 6.42 Å². The molecule has 0 saturated heterocycles. The van der Waals surface area contributed by atoms with Gasteiger partial charge in [-0.2, -0.15) is 0 Å². The van der Waals surface area contributed by atoms with Gasteiger partial charge in [0.15, 0.2) is 5.96 Å². The largest absolute Gasteiger partial charge is 0.376 e. The Morgan fingerprint density at radius 2 is 2.67 bits per heavy atom. The monoisotopic (exact) mass is 129 g/mol. The highest BCUT2D eigenvalue weighted by Crippen LogP contribution is 1.85. The molecule has 3 N–H and O–H groups in total. The number of nitrogens with one attached hydrogen (secondary N) is 2. The minimum absolute atomic E-state index is 0.0498. The van der Waals surface area contributed by atoms with Crippen molar-refractivity contribution in [3.63, 3.8) is 0 Å². The van der Waals surface area contributed by atoms with Crippen molar-refractivity contribution in [2.75, 3.05) is 19.8 Å². The van der Waals surface area contributed by atoms with Crippen molar-refractivity contribution in [2.24, 2.45) is 4.99 Å². The molecule has 0 aromatic carbocycles.